The zero-order valence-electron chi connectivity index (χ0n) is 11.9. The SMILES string of the molecule is CC(C)N1CCOC(CSc2ccc(C(=O)O)cc2)C1. The third kappa shape index (κ3) is 4.23. The maximum atomic E-state index is 10.8. The molecule has 0 spiro atoms. The molecule has 1 aliphatic heterocycles. The molecule has 1 N–H and O–H groups in total. The highest BCUT2D eigenvalue weighted by Gasteiger charge is 2.22. The first-order chi connectivity index (χ1) is 9.56. The van der Waals surface area contributed by atoms with Crippen molar-refractivity contribution in [2.75, 3.05) is 25.4 Å². The lowest BCUT2D eigenvalue weighted by molar-refractivity contribution is -0.0265. The van der Waals surface area contributed by atoms with Gasteiger partial charge >= 0.3 is 5.97 Å². The normalized spacial score (nSPS) is 20.2. The summed E-state index contributed by atoms with van der Waals surface area (Å²) in [4.78, 5) is 14.3. The van der Waals surface area contributed by atoms with Gasteiger partial charge in [-0.3, -0.25) is 4.90 Å². The summed E-state index contributed by atoms with van der Waals surface area (Å²) in [6, 6.07) is 7.56. The lowest BCUT2D eigenvalue weighted by Gasteiger charge is -2.35. The van der Waals surface area contributed by atoms with Crippen LogP contribution in [0.4, 0.5) is 0 Å². The second-order valence-electron chi connectivity index (χ2n) is 5.22. The summed E-state index contributed by atoms with van der Waals surface area (Å²) >= 11 is 1.72. The van der Waals surface area contributed by atoms with Crippen LogP contribution in [0.25, 0.3) is 0 Å². The van der Waals surface area contributed by atoms with Crippen LogP contribution < -0.4 is 0 Å². The van der Waals surface area contributed by atoms with E-state index in [0.717, 1.165) is 30.3 Å². The van der Waals surface area contributed by atoms with Crippen molar-refractivity contribution in [2.45, 2.75) is 30.9 Å². The molecule has 1 fully saturated rings. The van der Waals surface area contributed by atoms with Crippen molar-refractivity contribution in [3.8, 4) is 0 Å². The summed E-state index contributed by atoms with van der Waals surface area (Å²) in [6.07, 6.45) is 0.246. The van der Waals surface area contributed by atoms with E-state index in [2.05, 4.69) is 18.7 Å². The number of thioether (sulfide) groups is 1. The molecule has 0 bridgehead atoms. The lowest BCUT2D eigenvalue weighted by atomic mass is 10.2. The zero-order valence-corrected chi connectivity index (χ0v) is 12.7. The van der Waals surface area contributed by atoms with Gasteiger partial charge in [0.05, 0.1) is 18.3 Å². The van der Waals surface area contributed by atoms with Crippen molar-refractivity contribution in [1.29, 1.82) is 0 Å². The third-order valence-corrected chi connectivity index (χ3v) is 4.58. The third-order valence-electron chi connectivity index (χ3n) is 3.44. The fourth-order valence-electron chi connectivity index (χ4n) is 2.19. The first-order valence-electron chi connectivity index (χ1n) is 6.88. The van der Waals surface area contributed by atoms with Gasteiger partial charge < -0.3 is 9.84 Å². The van der Waals surface area contributed by atoms with Crippen LogP contribution in [-0.2, 0) is 4.74 Å². The molecule has 5 heteroatoms. The van der Waals surface area contributed by atoms with E-state index in [1.54, 1.807) is 23.9 Å². The Morgan fingerprint density at radius 3 is 2.75 bits per heavy atom. The molecule has 1 aromatic carbocycles. The molecule has 0 amide bonds. The van der Waals surface area contributed by atoms with Crippen LogP contribution in [0.2, 0.25) is 0 Å². The minimum absolute atomic E-state index is 0.246. The number of aromatic carboxylic acids is 1. The van der Waals surface area contributed by atoms with Crippen LogP contribution in [0.5, 0.6) is 0 Å². The minimum atomic E-state index is -0.885. The molecule has 0 saturated carbocycles. The summed E-state index contributed by atoms with van der Waals surface area (Å²) in [5, 5.41) is 8.86. The largest absolute Gasteiger partial charge is 0.478 e. The summed E-state index contributed by atoms with van der Waals surface area (Å²) in [5.74, 6) is 0.0139. The first-order valence-corrected chi connectivity index (χ1v) is 7.86. The summed E-state index contributed by atoms with van der Waals surface area (Å²) < 4.78 is 5.79. The number of rotatable bonds is 5. The van der Waals surface area contributed by atoms with Crippen LogP contribution in [-0.4, -0.2) is 53.6 Å². The second-order valence-corrected chi connectivity index (χ2v) is 6.32. The molecule has 0 aliphatic carbocycles. The first kappa shape index (κ1) is 15.4. The number of carboxylic acids is 1. The molecule has 1 aromatic rings. The summed E-state index contributed by atoms with van der Waals surface area (Å²) in [6.45, 7) is 7.19. The van der Waals surface area contributed by atoms with Gasteiger partial charge in [0.1, 0.15) is 0 Å². The quantitative estimate of drug-likeness (QED) is 0.846. The monoisotopic (exact) mass is 295 g/mol. The van der Waals surface area contributed by atoms with Crippen LogP contribution in [0.15, 0.2) is 29.2 Å². The molecule has 1 saturated heterocycles. The molecule has 20 heavy (non-hydrogen) atoms. The van der Waals surface area contributed by atoms with Crippen LogP contribution >= 0.6 is 11.8 Å². The van der Waals surface area contributed by atoms with E-state index in [0.29, 0.717) is 11.6 Å². The highest BCUT2D eigenvalue weighted by molar-refractivity contribution is 7.99. The Bertz CT molecular complexity index is 447. The summed E-state index contributed by atoms with van der Waals surface area (Å²) in [7, 11) is 0. The Hall–Kier alpha value is -1.04. The van der Waals surface area contributed by atoms with Gasteiger partial charge in [0.15, 0.2) is 0 Å². The number of ether oxygens (including phenoxy) is 1. The number of carboxylic acid groups (broad SMARTS) is 1. The number of nitrogens with zero attached hydrogens (tertiary/aromatic N) is 1. The number of hydrogen-bond donors (Lipinski definition) is 1. The van der Waals surface area contributed by atoms with Gasteiger partial charge in [0.2, 0.25) is 0 Å². The smallest absolute Gasteiger partial charge is 0.335 e. The fraction of sp³-hybridized carbons (Fsp3) is 0.533. The van der Waals surface area contributed by atoms with Crippen molar-refractivity contribution in [3.63, 3.8) is 0 Å². The molecule has 4 nitrogen and oxygen atoms in total. The number of benzene rings is 1. The van der Waals surface area contributed by atoms with Crippen LogP contribution in [0.1, 0.15) is 24.2 Å². The fourth-order valence-corrected chi connectivity index (χ4v) is 3.10. The van der Waals surface area contributed by atoms with Crippen molar-refractivity contribution in [2.24, 2.45) is 0 Å². The topological polar surface area (TPSA) is 49.8 Å². The average molecular weight is 295 g/mol. The maximum absolute atomic E-state index is 10.8. The molecular formula is C15H21NO3S. The molecular weight excluding hydrogens is 274 g/mol. The van der Waals surface area contributed by atoms with Crippen molar-refractivity contribution in [1.82, 2.24) is 4.90 Å². The molecule has 1 aliphatic rings. The van der Waals surface area contributed by atoms with E-state index in [-0.39, 0.29) is 6.10 Å². The molecule has 1 atom stereocenters. The van der Waals surface area contributed by atoms with Gasteiger partial charge in [-0.2, -0.15) is 0 Å². The van der Waals surface area contributed by atoms with Gasteiger partial charge in [0.25, 0.3) is 0 Å². The minimum Gasteiger partial charge on any atom is -0.478 e. The van der Waals surface area contributed by atoms with E-state index in [1.165, 1.54) is 0 Å². The van der Waals surface area contributed by atoms with Crippen molar-refractivity contribution < 1.29 is 14.6 Å². The highest BCUT2D eigenvalue weighted by atomic mass is 32.2. The molecule has 1 heterocycles. The average Bonchev–Trinajstić information content (AvgIpc) is 2.46. The van der Waals surface area contributed by atoms with Gasteiger partial charge in [-0.15, -0.1) is 11.8 Å². The zero-order chi connectivity index (χ0) is 14.5. The Labute approximate surface area is 124 Å². The predicted molar refractivity (Wildman–Crippen MR) is 80.6 cm³/mol. The van der Waals surface area contributed by atoms with E-state index in [4.69, 9.17) is 9.84 Å². The molecule has 110 valence electrons. The van der Waals surface area contributed by atoms with Crippen molar-refractivity contribution in [3.05, 3.63) is 29.8 Å². The van der Waals surface area contributed by atoms with Gasteiger partial charge in [-0.25, -0.2) is 4.79 Å². The Balaban J connectivity index is 1.84. The maximum Gasteiger partial charge on any atom is 0.335 e. The summed E-state index contributed by atoms with van der Waals surface area (Å²) in [5.41, 5.74) is 0.328. The van der Waals surface area contributed by atoms with E-state index >= 15 is 0 Å². The Kier molecular flexibility index (Phi) is 5.46. The number of morpholine rings is 1. The molecule has 1 unspecified atom stereocenters. The van der Waals surface area contributed by atoms with Gasteiger partial charge in [-0.05, 0) is 38.1 Å². The highest BCUT2D eigenvalue weighted by Crippen LogP contribution is 2.22. The standard InChI is InChI=1S/C15H21NO3S/c1-11(2)16-7-8-19-13(9-16)10-20-14-5-3-12(4-6-14)15(17)18/h3-6,11,13H,7-10H2,1-2H3,(H,17,18). The molecule has 2 rings (SSSR count). The van der Waals surface area contributed by atoms with Crippen molar-refractivity contribution >= 4 is 17.7 Å². The Morgan fingerprint density at radius 1 is 1.45 bits per heavy atom. The lowest BCUT2D eigenvalue weighted by Crippen LogP contribution is -2.46. The van der Waals surface area contributed by atoms with E-state index in [9.17, 15) is 4.79 Å². The molecule has 0 radical (unpaired) electrons. The van der Waals surface area contributed by atoms with Gasteiger partial charge in [-0.1, -0.05) is 0 Å². The Morgan fingerprint density at radius 2 is 2.15 bits per heavy atom. The number of carbonyl (C=O) groups is 1. The van der Waals surface area contributed by atoms with Gasteiger partial charge in [0, 0.05) is 29.8 Å². The number of hydrogen-bond acceptors (Lipinski definition) is 4. The van der Waals surface area contributed by atoms with E-state index < -0.39 is 5.97 Å². The molecule has 0 aromatic heterocycles. The predicted octanol–water partition coefficient (Wildman–Crippen LogP) is 2.59. The van der Waals surface area contributed by atoms with E-state index in [1.807, 2.05) is 12.1 Å². The van der Waals surface area contributed by atoms with Crippen LogP contribution in [0, 0.1) is 0 Å². The second kappa shape index (κ2) is 7.11. The van der Waals surface area contributed by atoms with Crippen LogP contribution in [0.3, 0.4) is 0 Å².